The van der Waals surface area contributed by atoms with Crippen LogP contribution in [0.15, 0.2) is 42.5 Å². The van der Waals surface area contributed by atoms with Gasteiger partial charge in [0, 0.05) is 12.0 Å². The number of hydrogen-bond acceptors (Lipinski definition) is 2. The number of phenols is 1. The lowest BCUT2D eigenvalue weighted by molar-refractivity contribution is 0.386. The van der Waals surface area contributed by atoms with Crippen molar-refractivity contribution >= 4 is 0 Å². The van der Waals surface area contributed by atoms with Crippen LogP contribution >= 0.6 is 0 Å². The summed E-state index contributed by atoms with van der Waals surface area (Å²) in [6.45, 7) is 0. The topological polar surface area (TPSA) is 46.2 Å². The molecule has 3 N–H and O–H groups in total. The average Bonchev–Trinajstić information content (AvgIpc) is 2.51. The van der Waals surface area contributed by atoms with E-state index in [1.807, 2.05) is 12.1 Å². The summed E-state index contributed by atoms with van der Waals surface area (Å²) in [5.74, 6) is 1.37. The van der Waals surface area contributed by atoms with Crippen molar-refractivity contribution in [3.63, 3.8) is 0 Å². The summed E-state index contributed by atoms with van der Waals surface area (Å²) >= 11 is 0. The molecule has 0 fully saturated rings. The number of phenolic OH excluding ortho intramolecular Hbond substituents is 1. The van der Waals surface area contributed by atoms with E-state index in [4.69, 9.17) is 5.73 Å². The van der Waals surface area contributed by atoms with Crippen LogP contribution in [0.25, 0.3) is 0 Å². The fraction of sp³-hybridized carbons (Fsp3) is 0.368. The van der Waals surface area contributed by atoms with Gasteiger partial charge in [0.25, 0.3) is 0 Å². The Morgan fingerprint density at radius 2 is 1.81 bits per heavy atom. The number of benzene rings is 2. The Morgan fingerprint density at radius 3 is 2.62 bits per heavy atom. The van der Waals surface area contributed by atoms with Crippen LogP contribution in [0.2, 0.25) is 0 Å². The van der Waals surface area contributed by atoms with Gasteiger partial charge in [-0.25, -0.2) is 0 Å². The molecule has 2 aromatic rings. The van der Waals surface area contributed by atoms with Crippen LogP contribution in [0.1, 0.15) is 46.9 Å². The standard InChI is InChI=1S/C19H21NO/c20-18-7-6-13-9-16(21)10-15-8-14(11-17(18)19(13)15)12-4-2-1-3-5-12/h1-5,9-10,14,17-18,21H,6-8,11,20H2/t14-,17+,18-/m1/s1. The molecule has 2 heteroatoms. The largest absolute Gasteiger partial charge is 0.508 e. The molecule has 4 rings (SSSR count). The minimum absolute atomic E-state index is 0.257. The van der Waals surface area contributed by atoms with E-state index in [0.717, 1.165) is 25.7 Å². The van der Waals surface area contributed by atoms with Crippen LogP contribution in [-0.4, -0.2) is 11.1 Å². The molecule has 0 aliphatic heterocycles. The molecule has 0 unspecified atom stereocenters. The van der Waals surface area contributed by atoms with Gasteiger partial charge in [-0.3, -0.25) is 0 Å². The lowest BCUT2D eigenvalue weighted by Crippen LogP contribution is -2.37. The molecule has 2 aliphatic rings. The summed E-state index contributed by atoms with van der Waals surface area (Å²) in [6.07, 6.45) is 4.19. The molecule has 0 spiro atoms. The zero-order valence-electron chi connectivity index (χ0n) is 12.1. The molecule has 0 radical (unpaired) electrons. The van der Waals surface area contributed by atoms with Crippen LogP contribution in [0.4, 0.5) is 0 Å². The van der Waals surface area contributed by atoms with Crippen LogP contribution in [0.3, 0.4) is 0 Å². The summed E-state index contributed by atoms with van der Waals surface area (Å²) in [6, 6.07) is 14.9. The maximum absolute atomic E-state index is 10.0. The molecule has 21 heavy (non-hydrogen) atoms. The van der Waals surface area contributed by atoms with E-state index in [1.54, 1.807) is 0 Å². The lowest BCUT2D eigenvalue weighted by Gasteiger charge is -2.40. The fourth-order valence-corrected chi connectivity index (χ4v) is 4.28. The third-order valence-corrected chi connectivity index (χ3v) is 5.25. The third kappa shape index (κ3) is 2.14. The van der Waals surface area contributed by atoms with Crippen LogP contribution in [0, 0.1) is 0 Å². The van der Waals surface area contributed by atoms with Gasteiger partial charge in [0.05, 0.1) is 0 Å². The summed E-state index contributed by atoms with van der Waals surface area (Å²) in [4.78, 5) is 0. The summed E-state index contributed by atoms with van der Waals surface area (Å²) < 4.78 is 0. The Morgan fingerprint density at radius 1 is 1.05 bits per heavy atom. The predicted octanol–water partition coefficient (Wildman–Crippen LogP) is 3.48. The van der Waals surface area contributed by atoms with E-state index in [2.05, 4.69) is 30.3 Å². The molecule has 0 saturated carbocycles. The highest BCUT2D eigenvalue weighted by atomic mass is 16.3. The molecule has 2 aliphatic carbocycles. The molecule has 2 aromatic carbocycles. The molecular weight excluding hydrogens is 258 g/mol. The van der Waals surface area contributed by atoms with Gasteiger partial charge >= 0.3 is 0 Å². The first-order chi connectivity index (χ1) is 10.2. The maximum atomic E-state index is 10.0. The first-order valence-electron chi connectivity index (χ1n) is 7.87. The smallest absolute Gasteiger partial charge is 0.116 e. The second-order valence-corrected chi connectivity index (χ2v) is 6.53. The number of hydrogen-bond donors (Lipinski definition) is 2. The van der Waals surface area contributed by atoms with Gasteiger partial charge < -0.3 is 10.8 Å². The zero-order valence-corrected chi connectivity index (χ0v) is 12.1. The first kappa shape index (κ1) is 12.9. The molecule has 108 valence electrons. The highest BCUT2D eigenvalue weighted by Gasteiger charge is 2.36. The van der Waals surface area contributed by atoms with Crippen molar-refractivity contribution in [3.05, 3.63) is 64.7 Å². The molecule has 2 nitrogen and oxygen atoms in total. The van der Waals surface area contributed by atoms with E-state index < -0.39 is 0 Å². The van der Waals surface area contributed by atoms with Crippen molar-refractivity contribution in [1.29, 1.82) is 0 Å². The second kappa shape index (κ2) is 4.88. The van der Waals surface area contributed by atoms with Gasteiger partial charge in [-0.1, -0.05) is 30.3 Å². The van der Waals surface area contributed by atoms with Crippen molar-refractivity contribution in [2.45, 2.75) is 43.6 Å². The van der Waals surface area contributed by atoms with Gasteiger partial charge in [0.15, 0.2) is 0 Å². The maximum Gasteiger partial charge on any atom is 0.116 e. The summed E-state index contributed by atoms with van der Waals surface area (Å²) in [5, 5.41) is 10.0. The van der Waals surface area contributed by atoms with Crippen molar-refractivity contribution in [2.75, 3.05) is 0 Å². The minimum atomic E-state index is 0.257. The molecule has 0 heterocycles. The number of aromatic hydroxyl groups is 1. The highest BCUT2D eigenvalue weighted by Crippen LogP contribution is 2.46. The van der Waals surface area contributed by atoms with Gasteiger partial charge in [-0.2, -0.15) is 0 Å². The number of aryl methyl sites for hydroxylation is 1. The molecule has 0 aromatic heterocycles. The normalized spacial score (nSPS) is 27.2. The highest BCUT2D eigenvalue weighted by molar-refractivity contribution is 5.49. The van der Waals surface area contributed by atoms with Crippen LogP contribution in [-0.2, 0) is 12.8 Å². The van der Waals surface area contributed by atoms with Gasteiger partial charge in [0.1, 0.15) is 5.75 Å². The molecule has 3 atom stereocenters. The zero-order chi connectivity index (χ0) is 14.4. The van der Waals surface area contributed by atoms with Crippen LogP contribution in [0.5, 0.6) is 5.75 Å². The first-order valence-corrected chi connectivity index (χ1v) is 7.87. The van der Waals surface area contributed by atoms with Gasteiger partial charge in [0.2, 0.25) is 0 Å². The van der Waals surface area contributed by atoms with Crippen molar-refractivity contribution in [1.82, 2.24) is 0 Å². The molecular formula is C19H21NO. The summed E-state index contributed by atoms with van der Waals surface area (Å²) in [5.41, 5.74) is 11.9. The monoisotopic (exact) mass is 279 g/mol. The van der Waals surface area contributed by atoms with Crippen molar-refractivity contribution in [2.24, 2.45) is 5.73 Å². The SMILES string of the molecule is N[C@@H]1CCc2cc(O)cc3c2[C@H]1C[C@H](c1ccccc1)C3. The Balaban J connectivity index is 1.80. The van der Waals surface area contributed by atoms with E-state index in [9.17, 15) is 5.11 Å². The average molecular weight is 279 g/mol. The van der Waals surface area contributed by atoms with E-state index in [-0.39, 0.29) is 6.04 Å². The minimum Gasteiger partial charge on any atom is -0.508 e. The number of rotatable bonds is 1. The molecule has 0 bridgehead atoms. The Bertz CT molecular complexity index is 665. The Hall–Kier alpha value is -1.80. The van der Waals surface area contributed by atoms with E-state index in [1.165, 1.54) is 22.3 Å². The van der Waals surface area contributed by atoms with E-state index in [0.29, 0.717) is 17.6 Å². The van der Waals surface area contributed by atoms with Gasteiger partial charge in [-0.15, -0.1) is 0 Å². The second-order valence-electron chi connectivity index (χ2n) is 6.53. The van der Waals surface area contributed by atoms with E-state index >= 15 is 0 Å². The van der Waals surface area contributed by atoms with Crippen LogP contribution < -0.4 is 5.73 Å². The van der Waals surface area contributed by atoms with Gasteiger partial charge in [-0.05, 0) is 66.0 Å². The molecule has 0 saturated heterocycles. The quantitative estimate of drug-likeness (QED) is 0.839. The molecule has 0 amide bonds. The number of nitrogens with two attached hydrogens (primary N) is 1. The predicted molar refractivity (Wildman–Crippen MR) is 84.6 cm³/mol. The third-order valence-electron chi connectivity index (χ3n) is 5.25. The Kier molecular flexibility index (Phi) is 3.00. The van der Waals surface area contributed by atoms with Crippen molar-refractivity contribution < 1.29 is 5.11 Å². The Labute approximate surface area is 125 Å². The summed E-state index contributed by atoms with van der Waals surface area (Å²) in [7, 11) is 0. The van der Waals surface area contributed by atoms with Crippen molar-refractivity contribution in [3.8, 4) is 5.75 Å². The fourth-order valence-electron chi connectivity index (χ4n) is 4.28. The lowest BCUT2D eigenvalue weighted by atomic mass is 9.66.